The molecule has 156 valence electrons. The summed E-state index contributed by atoms with van der Waals surface area (Å²) in [7, 11) is 0. The van der Waals surface area contributed by atoms with E-state index in [1.807, 2.05) is 19.1 Å². The first kappa shape index (κ1) is 21.2. The predicted octanol–water partition coefficient (Wildman–Crippen LogP) is 3.76. The standard InChI is InChI=1S/C20H24Cl2N4O2S/c1-12-18(23)20(11-28-12)5-7-26(8-6-20)19-14(10-27)25-16(9-24-19)29-15-4-2-3-13(21)17(15)22/h2-4,9,12,18,27H,5-8,10-11,23H2,1H3/t12-,18+/m0/s1. The molecule has 0 saturated carbocycles. The van der Waals surface area contributed by atoms with Crippen molar-refractivity contribution in [2.45, 2.75) is 48.4 Å². The Morgan fingerprint density at radius 2 is 2.10 bits per heavy atom. The van der Waals surface area contributed by atoms with E-state index in [0.717, 1.165) is 43.3 Å². The van der Waals surface area contributed by atoms with Crippen molar-refractivity contribution < 1.29 is 9.84 Å². The number of aliphatic hydroxyl groups excluding tert-OH is 1. The Bertz CT molecular complexity index is 893. The summed E-state index contributed by atoms with van der Waals surface area (Å²) in [5.41, 5.74) is 7.01. The summed E-state index contributed by atoms with van der Waals surface area (Å²) in [6.07, 6.45) is 3.70. The van der Waals surface area contributed by atoms with Crippen LogP contribution in [0.1, 0.15) is 25.5 Å². The molecule has 0 radical (unpaired) electrons. The van der Waals surface area contributed by atoms with E-state index < -0.39 is 0 Å². The van der Waals surface area contributed by atoms with Crippen LogP contribution in [0, 0.1) is 5.41 Å². The van der Waals surface area contributed by atoms with Gasteiger partial charge >= 0.3 is 0 Å². The molecule has 6 nitrogen and oxygen atoms in total. The summed E-state index contributed by atoms with van der Waals surface area (Å²) in [5, 5.41) is 11.5. The lowest BCUT2D eigenvalue weighted by molar-refractivity contribution is 0.0973. The third-order valence-electron chi connectivity index (χ3n) is 5.99. The van der Waals surface area contributed by atoms with Gasteiger partial charge in [0.1, 0.15) is 10.7 Å². The summed E-state index contributed by atoms with van der Waals surface area (Å²) < 4.78 is 5.80. The van der Waals surface area contributed by atoms with Crippen molar-refractivity contribution >= 4 is 40.8 Å². The third-order valence-corrected chi connectivity index (χ3v) is 7.88. The highest BCUT2D eigenvalue weighted by Crippen LogP contribution is 2.42. The van der Waals surface area contributed by atoms with Gasteiger partial charge in [0, 0.05) is 29.4 Å². The van der Waals surface area contributed by atoms with Gasteiger partial charge in [-0.25, -0.2) is 9.97 Å². The molecule has 4 rings (SSSR count). The molecular weight excluding hydrogens is 431 g/mol. The van der Waals surface area contributed by atoms with E-state index in [4.69, 9.17) is 33.7 Å². The minimum Gasteiger partial charge on any atom is -0.390 e. The fourth-order valence-corrected chi connectivity index (χ4v) is 5.44. The minimum atomic E-state index is -0.179. The lowest BCUT2D eigenvalue weighted by Gasteiger charge is -2.41. The molecule has 1 spiro atoms. The van der Waals surface area contributed by atoms with Crippen molar-refractivity contribution in [3.05, 3.63) is 40.1 Å². The highest BCUT2D eigenvalue weighted by Gasteiger charge is 2.47. The Balaban J connectivity index is 1.50. The van der Waals surface area contributed by atoms with Crippen LogP contribution in [0.15, 0.2) is 34.3 Å². The van der Waals surface area contributed by atoms with Gasteiger partial charge in [0.2, 0.25) is 0 Å². The van der Waals surface area contributed by atoms with Gasteiger partial charge in [-0.15, -0.1) is 0 Å². The van der Waals surface area contributed by atoms with Crippen molar-refractivity contribution in [3.63, 3.8) is 0 Å². The minimum absolute atomic E-state index is 0.0435. The number of aromatic nitrogens is 2. The monoisotopic (exact) mass is 454 g/mol. The summed E-state index contributed by atoms with van der Waals surface area (Å²) in [6.45, 7) is 4.22. The van der Waals surface area contributed by atoms with Gasteiger partial charge in [-0.3, -0.25) is 0 Å². The van der Waals surface area contributed by atoms with Crippen LogP contribution in [0.25, 0.3) is 0 Å². The zero-order valence-corrected chi connectivity index (χ0v) is 18.5. The van der Waals surface area contributed by atoms with E-state index in [0.29, 0.717) is 20.8 Å². The van der Waals surface area contributed by atoms with Crippen molar-refractivity contribution in [3.8, 4) is 0 Å². The number of hydrogen-bond donors (Lipinski definition) is 2. The van der Waals surface area contributed by atoms with Gasteiger partial charge in [-0.05, 0) is 31.9 Å². The van der Waals surface area contributed by atoms with E-state index in [2.05, 4.69) is 14.9 Å². The first-order valence-electron chi connectivity index (χ1n) is 9.64. The number of ether oxygens (including phenoxy) is 1. The Morgan fingerprint density at radius 3 is 2.76 bits per heavy atom. The molecule has 2 aromatic rings. The second-order valence-corrected chi connectivity index (χ2v) is 9.53. The SMILES string of the molecule is C[C@@H]1OCC2(CCN(c3ncc(Sc4cccc(Cl)c4Cl)nc3CO)CC2)[C@@H]1N. The molecular formula is C20H24Cl2N4O2S. The molecule has 2 aliphatic rings. The zero-order chi connectivity index (χ0) is 20.6. The van der Waals surface area contributed by atoms with Gasteiger partial charge < -0.3 is 20.5 Å². The van der Waals surface area contributed by atoms with Crippen LogP contribution < -0.4 is 10.6 Å². The number of anilines is 1. The van der Waals surface area contributed by atoms with E-state index in [9.17, 15) is 5.11 Å². The number of nitrogens with two attached hydrogens (primary N) is 1. The van der Waals surface area contributed by atoms with Crippen molar-refractivity contribution in [2.75, 3.05) is 24.6 Å². The molecule has 3 N–H and O–H groups in total. The smallest absolute Gasteiger partial charge is 0.152 e. The topological polar surface area (TPSA) is 84.5 Å². The number of rotatable bonds is 4. The molecule has 9 heteroatoms. The molecule has 2 fully saturated rings. The normalized spacial score (nSPS) is 23.7. The quantitative estimate of drug-likeness (QED) is 0.726. The molecule has 0 bridgehead atoms. The number of aliphatic hydroxyl groups is 1. The Kier molecular flexibility index (Phi) is 6.25. The predicted molar refractivity (Wildman–Crippen MR) is 116 cm³/mol. The summed E-state index contributed by atoms with van der Waals surface area (Å²) >= 11 is 13.7. The van der Waals surface area contributed by atoms with Gasteiger partial charge in [-0.2, -0.15) is 0 Å². The second kappa shape index (κ2) is 8.57. The van der Waals surface area contributed by atoms with Gasteiger partial charge in [0.05, 0.1) is 35.6 Å². The van der Waals surface area contributed by atoms with Crippen LogP contribution in [0.2, 0.25) is 10.0 Å². The van der Waals surface area contributed by atoms with Gasteiger partial charge in [0.15, 0.2) is 5.82 Å². The van der Waals surface area contributed by atoms with E-state index >= 15 is 0 Å². The van der Waals surface area contributed by atoms with Crippen LogP contribution in [0.3, 0.4) is 0 Å². The number of benzene rings is 1. The number of piperidine rings is 1. The number of nitrogens with zero attached hydrogens (tertiary/aromatic N) is 3. The third kappa shape index (κ3) is 4.09. The van der Waals surface area contributed by atoms with Gasteiger partial charge in [0.25, 0.3) is 0 Å². The average molecular weight is 455 g/mol. The van der Waals surface area contributed by atoms with Crippen molar-refractivity contribution in [1.29, 1.82) is 0 Å². The lowest BCUT2D eigenvalue weighted by atomic mass is 9.73. The molecule has 0 unspecified atom stereocenters. The molecule has 1 aromatic carbocycles. The molecule has 2 aliphatic heterocycles. The fourth-order valence-electron chi connectivity index (χ4n) is 4.13. The van der Waals surface area contributed by atoms with Crippen LogP contribution in [0.4, 0.5) is 5.82 Å². The Labute approximate surface area is 184 Å². The maximum absolute atomic E-state index is 9.89. The van der Waals surface area contributed by atoms with Crippen LogP contribution in [-0.4, -0.2) is 46.9 Å². The van der Waals surface area contributed by atoms with E-state index in [-0.39, 0.29) is 24.2 Å². The fraction of sp³-hybridized carbons (Fsp3) is 0.500. The first-order valence-corrected chi connectivity index (χ1v) is 11.2. The summed E-state index contributed by atoms with van der Waals surface area (Å²) in [5.74, 6) is 0.726. The highest BCUT2D eigenvalue weighted by molar-refractivity contribution is 7.99. The van der Waals surface area contributed by atoms with Crippen molar-refractivity contribution in [1.82, 2.24) is 9.97 Å². The van der Waals surface area contributed by atoms with Gasteiger partial charge in [-0.1, -0.05) is 41.0 Å². The molecule has 29 heavy (non-hydrogen) atoms. The highest BCUT2D eigenvalue weighted by atomic mass is 35.5. The van der Waals surface area contributed by atoms with Crippen LogP contribution >= 0.6 is 35.0 Å². The largest absolute Gasteiger partial charge is 0.390 e. The zero-order valence-electron chi connectivity index (χ0n) is 16.1. The Hall–Kier alpha value is -1.09. The van der Waals surface area contributed by atoms with E-state index in [1.165, 1.54) is 11.8 Å². The lowest BCUT2D eigenvalue weighted by Crippen LogP contribution is -2.51. The van der Waals surface area contributed by atoms with Crippen molar-refractivity contribution in [2.24, 2.45) is 11.1 Å². The molecule has 2 atom stereocenters. The number of hydrogen-bond acceptors (Lipinski definition) is 7. The Morgan fingerprint density at radius 1 is 1.34 bits per heavy atom. The molecule has 3 heterocycles. The second-order valence-electron chi connectivity index (χ2n) is 7.68. The van der Waals surface area contributed by atoms with E-state index in [1.54, 1.807) is 12.3 Å². The summed E-state index contributed by atoms with van der Waals surface area (Å²) in [6, 6.07) is 5.53. The maximum atomic E-state index is 9.89. The molecule has 0 aliphatic carbocycles. The van der Waals surface area contributed by atoms with Crippen LogP contribution in [0.5, 0.6) is 0 Å². The molecule has 0 amide bonds. The molecule has 2 saturated heterocycles. The van der Waals surface area contributed by atoms with Crippen LogP contribution in [-0.2, 0) is 11.3 Å². The maximum Gasteiger partial charge on any atom is 0.152 e. The number of halogens is 2. The average Bonchev–Trinajstić information content (AvgIpc) is 3.01. The first-order chi connectivity index (χ1) is 13.9. The summed E-state index contributed by atoms with van der Waals surface area (Å²) in [4.78, 5) is 12.2. The molecule has 1 aromatic heterocycles.